The second-order valence-corrected chi connectivity index (χ2v) is 11.2. The summed E-state index contributed by atoms with van der Waals surface area (Å²) in [6.07, 6.45) is 15.6. The summed E-state index contributed by atoms with van der Waals surface area (Å²) in [5, 5.41) is 9.25. The number of esters is 1. The molecule has 0 aromatic heterocycles. The number of rotatable bonds is 30. The first-order valence-electron chi connectivity index (χ1n) is 17.0. The van der Waals surface area contributed by atoms with Gasteiger partial charge in [0.1, 0.15) is 6.10 Å². The minimum Gasteiger partial charge on any atom is -0.466 e. The quantitative estimate of drug-likeness (QED) is 0.0690. The number of aliphatic hydroxyl groups excluding tert-OH is 1. The third-order valence-corrected chi connectivity index (χ3v) is 7.62. The SMILES string of the molecule is CCCCCCCOC(=O)CCCCC(CCCCCC)OC(=O)OCCCN(CCCO)CCCN(CC)CC. The van der Waals surface area contributed by atoms with E-state index in [9.17, 15) is 14.7 Å². The first-order chi connectivity index (χ1) is 20.0. The molecular formula is C33H66N2O6. The molecule has 0 aliphatic heterocycles. The molecule has 0 heterocycles. The van der Waals surface area contributed by atoms with Crippen molar-refractivity contribution < 1.29 is 28.9 Å². The Labute approximate surface area is 252 Å². The van der Waals surface area contributed by atoms with Crippen molar-refractivity contribution in [3.63, 3.8) is 0 Å². The van der Waals surface area contributed by atoms with Crippen LogP contribution in [0.5, 0.6) is 0 Å². The summed E-state index contributed by atoms with van der Waals surface area (Å²) in [6.45, 7) is 15.7. The van der Waals surface area contributed by atoms with Crippen molar-refractivity contribution in [2.75, 3.05) is 59.1 Å². The van der Waals surface area contributed by atoms with Gasteiger partial charge < -0.3 is 29.1 Å². The maximum atomic E-state index is 12.5. The summed E-state index contributed by atoms with van der Waals surface area (Å²) >= 11 is 0. The Bertz CT molecular complexity index is 588. The molecule has 0 aliphatic carbocycles. The molecular weight excluding hydrogens is 520 g/mol. The first-order valence-corrected chi connectivity index (χ1v) is 17.0. The molecule has 41 heavy (non-hydrogen) atoms. The third-order valence-electron chi connectivity index (χ3n) is 7.62. The lowest BCUT2D eigenvalue weighted by atomic mass is 10.0. The summed E-state index contributed by atoms with van der Waals surface area (Å²) in [6, 6.07) is 0. The average molecular weight is 587 g/mol. The van der Waals surface area contributed by atoms with Crippen molar-refractivity contribution in [2.45, 2.75) is 143 Å². The molecule has 0 saturated heterocycles. The zero-order valence-corrected chi connectivity index (χ0v) is 27.3. The lowest BCUT2D eigenvalue weighted by Gasteiger charge is -2.24. The van der Waals surface area contributed by atoms with E-state index in [1.54, 1.807) is 0 Å². The van der Waals surface area contributed by atoms with E-state index in [0.717, 1.165) is 110 Å². The minimum absolute atomic E-state index is 0.124. The van der Waals surface area contributed by atoms with Crippen LogP contribution in [0.2, 0.25) is 0 Å². The Morgan fingerprint density at radius 3 is 1.83 bits per heavy atom. The molecule has 0 amide bonds. The van der Waals surface area contributed by atoms with Gasteiger partial charge in [0.15, 0.2) is 0 Å². The molecule has 8 heteroatoms. The maximum absolute atomic E-state index is 12.5. The highest BCUT2D eigenvalue weighted by atomic mass is 16.7. The first kappa shape index (κ1) is 39.6. The fraction of sp³-hybridized carbons (Fsp3) is 0.939. The number of hydrogen-bond acceptors (Lipinski definition) is 8. The predicted octanol–water partition coefficient (Wildman–Crippen LogP) is 7.36. The number of carbonyl (C=O) groups excluding carboxylic acids is 2. The van der Waals surface area contributed by atoms with Crippen molar-refractivity contribution in [3.05, 3.63) is 0 Å². The molecule has 8 nitrogen and oxygen atoms in total. The molecule has 1 unspecified atom stereocenters. The van der Waals surface area contributed by atoms with E-state index in [1.165, 1.54) is 32.1 Å². The van der Waals surface area contributed by atoms with Gasteiger partial charge in [0.05, 0.1) is 13.2 Å². The summed E-state index contributed by atoms with van der Waals surface area (Å²) in [5.74, 6) is -0.124. The van der Waals surface area contributed by atoms with Gasteiger partial charge in [-0.25, -0.2) is 4.79 Å². The zero-order chi connectivity index (χ0) is 30.4. The van der Waals surface area contributed by atoms with Gasteiger partial charge in [0.2, 0.25) is 0 Å². The van der Waals surface area contributed by atoms with Crippen LogP contribution in [-0.4, -0.2) is 92.2 Å². The minimum atomic E-state index is -0.587. The molecule has 0 bridgehead atoms. The zero-order valence-electron chi connectivity index (χ0n) is 27.3. The van der Waals surface area contributed by atoms with Crippen molar-refractivity contribution in [1.29, 1.82) is 0 Å². The number of unbranched alkanes of at least 4 members (excludes halogenated alkanes) is 8. The summed E-state index contributed by atoms with van der Waals surface area (Å²) in [7, 11) is 0. The van der Waals surface area contributed by atoms with Gasteiger partial charge in [-0.2, -0.15) is 0 Å². The molecule has 244 valence electrons. The topological polar surface area (TPSA) is 88.5 Å². The van der Waals surface area contributed by atoms with Gasteiger partial charge in [-0.15, -0.1) is 0 Å². The highest BCUT2D eigenvalue weighted by Gasteiger charge is 2.16. The lowest BCUT2D eigenvalue weighted by molar-refractivity contribution is -0.143. The van der Waals surface area contributed by atoms with Crippen LogP contribution in [0.1, 0.15) is 137 Å². The van der Waals surface area contributed by atoms with Gasteiger partial charge in [-0.3, -0.25) is 4.79 Å². The fourth-order valence-electron chi connectivity index (χ4n) is 4.97. The van der Waals surface area contributed by atoms with Crippen LogP contribution >= 0.6 is 0 Å². The van der Waals surface area contributed by atoms with Crippen molar-refractivity contribution >= 4 is 12.1 Å². The molecule has 0 radical (unpaired) electrons. The molecule has 1 atom stereocenters. The Hall–Kier alpha value is -1.38. The van der Waals surface area contributed by atoms with E-state index in [2.05, 4.69) is 37.5 Å². The fourth-order valence-corrected chi connectivity index (χ4v) is 4.97. The number of aliphatic hydroxyl groups is 1. The standard InChI is InChI=1S/C33H66N2O6/c1-5-9-11-13-17-29-39-32(37)23-16-15-22-31(21-14-12-10-6-2)41-33(38)40-30-20-27-35(26-19-28-36)25-18-24-34(7-3)8-4/h31,36H,5-30H2,1-4H3. The smallest absolute Gasteiger partial charge is 0.466 e. The summed E-state index contributed by atoms with van der Waals surface area (Å²) in [5.41, 5.74) is 0. The highest BCUT2D eigenvalue weighted by molar-refractivity contribution is 5.69. The number of hydrogen-bond donors (Lipinski definition) is 1. The largest absolute Gasteiger partial charge is 0.508 e. The van der Waals surface area contributed by atoms with Crippen LogP contribution in [0, 0.1) is 0 Å². The van der Waals surface area contributed by atoms with E-state index in [-0.39, 0.29) is 18.7 Å². The molecule has 0 aliphatic rings. The van der Waals surface area contributed by atoms with E-state index >= 15 is 0 Å². The maximum Gasteiger partial charge on any atom is 0.508 e. The molecule has 0 saturated carbocycles. The molecule has 0 aromatic rings. The second kappa shape index (κ2) is 30.1. The Kier molecular flexibility index (Phi) is 29.1. The molecule has 0 rings (SSSR count). The van der Waals surface area contributed by atoms with Crippen LogP contribution in [0.3, 0.4) is 0 Å². The van der Waals surface area contributed by atoms with E-state index in [4.69, 9.17) is 14.2 Å². The number of ether oxygens (including phenoxy) is 3. The van der Waals surface area contributed by atoms with Gasteiger partial charge in [-0.1, -0.05) is 72.6 Å². The Morgan fingerprint density at radius 1 is 0.610 bits per heavy atom. The van der Waals surface area contributed by atoms with Crippen LogP contribution in [-0.2, 0) is 19.0 Å². The van der Waals surface area contributed by atoms with Gasteiger partial charge in [0, 0.05) is 26.1 Å². The van der Waals surface area contributed by atoms with Crippen LogP contribution in [0.25, 0.3) is 0 Å². The van der Waals surface area contributed by atoms with Crippen molar-refractivity contribution in [3.8, 4) is 0 Å². The molecule has 1 N–H and O–H groups in total. The number of carbonyl (C=O) groups is 2. The third kappa shape index (κ3) is 26.0. The molecule has 0 spiro atoms. The van der Waals surface area contributed by atoms with Gasteiger partial charge in [-0.05, 0) is 84.0 Å². The lowest BCUT2D eigenvalue weighted by Crippen LogP contribution is -2.32. The predicted molar refractivity (Wildman–Crippen MR) is 168 cm³/mol. The molecule has 0 fully saturated rings. The van der Waals surface area contributed by atoms with Crippen LogP contribution in [0.15, 0.2) is 0 Å². The van der Waals surface area contributed by atoms with E-state index < -0.39 is 6.16 Å². The van der Waals surface area contributed by atoms with E-state index in [1.807, 2.05) is 0 Å². The van der Waals surface area contributed by atoms with Crippen molar-refractivity contribution in [2.24, 2.45) is 0 Å². The Morgan fingerprint density at radius 2 is 1.17 bits per heavy atom. The highest BCUT2D eigenvalue weighted by Crippen LogP contribution is 2.16. The van der Waals surface area contributed by atoms with Crippen LogP contribution in [0.4, 0.5) is 4.79 Å². The van der Waals surface area contributed by atoms with Gasteiger partial charge in [0.25, 0.3) is 0 Å². The summed E-state index contributed by atoms with van der Waals surface area (Å²) in [4.78, 5) is 29.2. The average Bonchev–Trinajstić information content (AvgIpc) is 2.97. The van der Waals surface area contributed by atoms with Gasteiger partial charge >= 0.3 is 12.1 Å². The molecule has 0 aromatic carbocycles. The summed E-state index contributed by atoms with van der Waals surface area (Å²) < 4.78 is 16.5. The monoisotopic (exact) mass is 586 g/mol. The van der Waals surface area contributed by atoms with Crippen LogP contribution < -0.4 is 0 Å². The van der Waals surface area contributed by atoms with Crippen molar-refractivity contribution in [1.82, 2.24) is 9.80 Å². The van der Waals surface area contributed by atoms with E-state index in [0.29, 0.717) is 19.6 Å². The Balaban J connectivity index is 4.35. The number of nitrogens with zero attached hydrogens (tertiary/aromatic N) is 2. The normalized spacial score (nSPS) is 12.2. The second-order valence-electron chi connectivity index (χ2n) is 11.2.